The molecule has 1 heterocycles. The van der Waals surface area contributed by atoms with Crippen LogP contribution in [0, 0.1) is 0 Å². The summed E-state index contributed by atoms with van der Waals surface area (Å²) < 4.78 is 41.7. The second-order valence-corrected chi connectivity index (χ2v) is 5.28. The monoisotopic (exact) mass is 309 g/mol. The molecule has 7 heteroatoms. The molecule has 0 aliphatic heterocycles. The molecule has 0 radical (unpaired) electrons. The van der Waals surface area contributed by atoms with Crippen LogP contribution in [-0.2, 0) is 0 Å². The van der Waals surface area contributed by atoms with Crippen LogP contribution in [0.25, 0.3) is 26.5 Å². The number of nitrogens with zero attached hydrogens (tertiary/aromatic N) is 1. The third-order valence-corrected chi connectivity index (χ3v) is 3.83. The van der Waals surface area contributed by atoms with Gasteiger partial charge in [-0.25, -0.2) is 4.98 Å². The molecule has 0 bridgehead atoms. The van der Waals surface area contributed by atoms with Gasteiger partial charge in [0.25, 0.3) is 0 Å². The number of hydrogen-bond donors (Lipinski definition) is 0. The predicted molar refractivity (Wildman–Crippen MR) is 75.7 cm³/mol. The Bertz CT molecular complexity index is 765. The van der Waals surface area contributed by atoms with Gasteiger partial charge < -0.3 is 10.5 Å². The summed E-state index contributed by atoms with van der Waals surface area (Å²) in [5.74, 6) is -0.528. The molecule has 0 aliphatic carbocycles. The first-order valence-electron chi connectivity index (χ1n) is 5.90. The summed E-state index contributed by atoms with van der Waals surface area (Å²) in [4.78, 5) is 4.37. The van der Waals surface area contributed by atoms with Crippen molar-refractivity contribution in [3.8, 4) is 16.3 Å². The summed E-state index contributed by atoms with van der Waals surface area (Å²) in [6, 6.07) is 11.5. The van der Waals surface area contributed by atoms with Gasteiger partial charge in [0.05, 0.1) is 10.2 Å². The van der Waals surface area contributed by atoms with E-state index in [4.69, 9.17) is 5.73 Å². The van der Waals surface area contributed by atoms with Gasteiger partial charge in [-0.1, -0.05) is 30.0 Å². The van der Waals surface area contributed by atoms with Gasteiger partial charge in [-0.15, -0.1) is 24.5 Å². The van der Waals surface area contributed by atoms with Crippen LogP contribution in [0.15, 0.2) is 42.5 Å². The number of benzene rings is 2. The molecule has 0 fully saturated rings. The molecule has 1 aromatic heterocycles. The number of para-hydroxylation sites is 1. The maximum absolute atomic E-state index is 12.3. The molecule has 1 N–H and O–H groups in total. The maximum atomic E-state index is 12.3. The van der Waals surface area contributed by atoms with E-state index in [1.54, 1.807) is 6.07 Å². The van der Waals surface area contributed by atoms with E-state index < -0.39 is 12.1 Å². The summed E-state index contributed by atoms with van der Waals surface area (Å²) in [6.45, 7) is 0. The van der Waals surface area contributed by atoms with Crippen molar-refractivity contribution in [3.63, 3.8) is 0 Å². The molecule has 0 saturated carbocycles. The van der Waals surface area contributed by atoms with E-state index in [1.165, 1.54) is 23.5 Å². The fourth-order valence-electron chi connectivity index (χ4n) is 1.86. The zero-order valence-corrected chi connectivity index (χ0v) is 11.3. The van der Waals surface area contributed by atoms with Crippen LogP contribution in [0.5, 0.6) is 5.75 Å². The summed E-state index contributed by atoms with van der Waals surface area (Å²) in [7, 11) is 0. The highest BCUT2D eigenvalue weighted by molar-refractivity contribution is 7.21. The first kappa shape index (κ1) is 13.7. The fraction of sp³-hybridized carbons (Fsp3) is 0.0714. The van der Waals surface area contributed by atoms with Crippen molar-refractivity contribution in [2.75, 3.05) is 0 Å². The molecule has 2 aromatic carbocycles. The van der Waals surface area contributed by atoms with Crippen LogP contribution >= 0.6 is 11.3 Å². The number of thiazole rings is 1. The third-order valence-electron chi connectivity index (χ3n) is 2.75. The number of hydrogen-bond acceptors (Lipinski definition) is 3. The Balaban J connectivity index is 2.04. The second-order valence-electron chi connectivity index (χ2n) is 4.25. The van der Waals surface area contributed by atoms with Crippen molar-refractivity contribution < 1.29 is 17.9 Å². The van der Waals surface area contributed by atoms with E-state index in [0.717, 1.165) is 10.2 Å². The number of fused-ring (bicyclic) bond motifs is 1. The molecule has 0 saturated heterocycles. The zero-order chi connectivity index (χ0) is 15.0. The largest absolute Gasteiger partial charge is 0.696 e. The molecule has 21 heavy (non-hydrogen) atoms. The van der Waals surface area contributed by atoms with Crippen molar-refractivity contribution in [2.24, 2.45) is 0 Å². The Hall–Kier alpha value is -2.28. The van der Waals surface area contributed by atoms with E-state index in [0.29, 0.717) is 10.6 Å². The van der Waals surface area contributed by atoms with Crippen LogP contribution in [0.1, 0.15) is 0 Å². The molecule has 3 nitrogen and oxygen atoms in total. The highest BCUT2D eigenvalue weighted by Crippen LogP contribution is 2.37. The van der Waals surface area contributed by atoms with Gasteiger partial charge in [0.15, 0.2) is 0 Å². The number of rotatable bonds is 2. The van der Waals surface area contributed by atoms with Crippen LogP contribution in [0.3, 0.4) is 0 Å². The highest BCUT2D eigenvalue weighted by atomic mass is 32.1. The van der Waals surface area contributed by atoms with Gasteiger partial charge >= 0.3 is 6.36 Å². The van der Waals surface area contributed by atoms with Gasteiger partial charge in [0.1, 0.15) is 10.8 Å². The normalized spacial score (nSPS) is 11.8. The minimum atomic E-state index is -4.82. The smallest absolute Gasteiger partial charge is 0.573 e. The lowest BCUT2D eigenvalue weighted by molar-refractivity contribution is -0.274. The zero-order valence-electron chi connectivity index (χ0n) is 10.4. The van der Waals surface area contributed by atoms with Gasteiger partial charge in [-0.05, 0) is 18.2 Å². The van der Waals surface area contributed by atoms with Gasteiger partial charge in [-0.2, -0.15) is 0 Å². The standard InChI is InChI=1S/C14H8F3N2OS/c15-14(16,17)20-11-7-8(5-6-9(11)18)13-19-10-3-1-2-4-12(10)21-13/h1-7,18H/q-1. The van der Waals surface area contributed by atoms with E-state index in [1.807, 2.05) is 24.3 Å². The lowest BCUT2D eigenvalue weighted by atomic mass is 10.2. The fourth-order valence-corrected chi connectivity index (χ4v) is 2.82. The van der Waals surface area contributed by atoms with Crippen molar-refractivity contribution in [3.05, 3.63) is 48.2 Å². The molecule has 0 aliphatic rings. The molecule has 3 rings (SSSR count). The van der Waals surface area contributed by atoms with Gasteiger partial charge in [-0.3, -0.25) is 0 Å². The van der Waals surface area contributed by atoms with E-state index >= 15 is 0 Å². The van der Waals surface area contributed by atoms with E-state index in [2.05, 4.69) is 9.72 Å². The van der Waals surface area contributed by atoms with Crippen molar-refractivity contribution in [2.45, 2.75) is 6.36 Å². The van der Waals surface area contributed by atoms with Crippen LogP contribution in [0.2, 0.25) is 0 Å². The van der Waals surface area contributed by atoms with Crippen molar-refractivity contribution in [1.29, 1.82) is 0 Å². The molecular formula is C14H8F3N2OS-. The minimum Gasteiger partial charge on any atom is -0.696 e. The predicted octanol–water partition coefficient (Wildman–Crippen LogP) is 5.55. The first-order valence-corrected chi connectivity index (χ1v) is 6.71. The maximum Gasteiger partial charge on any atom is 0.573 e. The SMILES string of the molecule is [NH-]c1ccc(-c2nc3ccccc3s2)cc1OC(F)(F)F. The summed E-state index contributed by atoms with van der Waals surface area (Å²) in [5, 5.41) is 0.586. The van der Waals surface area contributed by atoms with Crippen LogP contribution < -0.4 is 4.74 Å². The Morgan fingerprint density at radius 3 is 2.57 bits per heavy atom. The number of ether oxygens (including phenoxy) is 1. The topological polar surface area (TPSA) is 45.9 Å². The Morgan fingerprint density at radius 1 is 1.10 bits per heavy atom. The van der Waals surface area contributed by atoms with Crippen LogP contribution in [-0.4, -0.2) is 11.3 Å². The first-order chi connectivity index (χ1) is 9.92. The quantitative estimate of drug-likeness (QED) is 0.623. The van der Waals surface area contributed by atoms with Crippen LogP contribution in [0.4, 0.5) is 18.9 Å². The molecule has 0 unspecified atom stereocenters. The average Bonchev–Trinajstić information content (AvgIpc) is 2.83. The Labute approximate surface area is 121 Å². The van der Waals surface area contributed by atoms with Gasteiger partial charge in [0, 0.05) is 5.56 Å². The number of nitrogens with one attached hydrogen (secondary N) is 1. The van der Waals surface area contributed by atoms with E-state index in [9.17, 15) is 13.2 Å². The molecule has 108 valence electrons. The second kappa shape index (κ2) is 4.92. The lowest BCUT2D eigenvalue weighted by Crippen LogP contribution is -2.17. The molecule has 0 amide bonds. The summed E-state index contributed by atoms with van der Waals surface area (Å²) in [6.07, 6.45) is -4.82. The number of alkyl halides is 3. The van der Waals surface area contributed by atoms with E-state index in [-0.39, 0.29) is 5.69 Å². The van der Waals surface area contributed by atoms with Crippen molar-refractivity contribution in [1.82, 2.24) is 4.98 Å². The van der Waals surface area contributed by atoms with Gasteiger partial charge in [0.2, 0.25) is 0 Å². The molecule has 0 atom stereocenters. The van der Waals surface area contributed by atoms with Crippen molar-refractivity contribution >= 4 is 27.2 Å². The number of aromatic nitrogens is 1. The highest BCUT2D eigenvalue weighted by Gasteiger charge is 2.31. The molecular weight excluding hydrogens is 301 g/mol. The Morgan fingerprint density at radius 2 is 1.86 bits per heavy atom. The summed E-state index contributed by atoms with van der Waals surface area (Å²) in [5.41, 5.74) is 8.43. The number of halogens is 3. The minimum absolute atomic E-state index is 0.322. The summed E-state index contributed by atoms with van der Waals surface area (Å²) >= 11 is 1.37. The third kappa shape index (κ3) is 2.92. The average molecular weight is 309 g/mol. The molecule has 0 spiro atoms. The lowest BCUT2D eigenvalue weighted by Gasteiger charge is -2.15. The Kier molecular flexibility index (Phi) is 3.21. The molecule has 3 aromatic rings.